The molecule has 1 aromatic heterocycles. The average molecular weight is 271 g/mol. The molecule has 6 heteroatoms. The van der Waals surface area contributed by atoms with Crippen molar-refractivity contribution in [3.8, 4) is 0 Å². The molecule has 0 aliphatic rings. The van der Waals surface area contributed by atoms with Gasteiger partial charge in [0, 0.05) is 19.7 Å². The number of carbonyl (C=O) groups is 1. The molecule has 2 rings (SSSR count). The average Bonchev–Trinajstić information content (AvgIpc) is 2.69. The minimum Gasteiger partial charge on any atom is -0.294 e. The van der Waals surface area contributed by atoms with Crippen molar-refractivity contribution in [2.45, 2.75) is 6.42 Å². The second-order valence-corrected chi connectivity index (χ2v) is 4.28. The number of halogens is 3. The molecule has 0 N–H and O–H groups in total. The van der Waals surface area contributed by atoms with Gasteiger partial charge in [0.25, 0.3) is 0 Å². The van der Waals surface area contributed by atoms with Crippen molar-refractivity contribution in [2.75, 3.05) is 0 Å². The van der Waals surface area contributed by atoms with Gasteiger partial charge < -0.3 is 0 Å². The van der Waals surface area contributed by atoms with E-state index >= 15 is 0 Å². The van der Waals surface area contributed by atoms with Crippen LogP contribution in [0.25, 0.3) is 0 Å². The fourth-order valence-corrected chi connectivity index (χ4v) is 1.73. The molecule has 0 saturated heterocycles. The van der Waals surface area contributed by atoms with Gasteiger partial charge in [0.2, 0.25) is 0 Å². The van der Waals surface area contributed by atoms with E-state index in [1.165, 1.54) is 10.9 Å². The highest BCUT2D eigenvalue weighted by Gasteiger charge is 2.16. The van der Waals surface area contributed by atoms with Crippen LogP contribution >= 0.6 is 11.6 Å². The van der Waals surface area contributed by atoms with Gasteiger partial charge in [-0.15, -0.1) is 0 Å². The first kappa shape index (κ1) is 12.7. The van der Waals surface area contributed by atoms with Crippen molar-refractivity contribution < 1.29 is 13.6 Å². The zero-order valence-electron chi connectivity index (χ0n) is 9.45. The highest BCUT2D eigenvalue weighted by Crippen LogP contribution is 2.20. The van der Waals surface area contributed by atoms with E-state index in [1.807, 2.05) is 0 Å². The summed E-state index contributed by atoms with van der Waals surface area (Å²) in [6.07, 6.45) is 3.11. The first-order chi connectivity index (χ1) is 8.47. The lowest BCUT2D eigenvalue weighted by Gasteiger charge is -2.03. The van der Waals surface area contributed by atoms with Crippen molar-refractivity contribution in [2.24, 2.45) is 7.05 Å². The lowest BCUT2D eigenvalue weighted by molar-refractivity contribution is 0.0988. The van der Waals surface area contributed by atoms with Crippen LogP contribution in [0.3, 0.4) is 0 Å². The van der Waals surface area contributed by atoms with Crippen molar-refractivity contribution in [3.05, 3.63) is 52.3 Å². The number of Topliss-reactive ketones (excluding diaryl/α,β-unsaturated/α-hetero) is 1. The number of carbonyl (C=O) groups excluding carboxylic acids is 1. The normalized spacial score (nSPS) is 10.7. The van der Waals surface area contributed by atoms with Gasteiger partial charge in [-0.1, -0.05) is 11.6 Å². The van der Waals surface area contributed by atoms with Crippen LogP contribution in [0.4, 0.5) is 8.78 Å². The van der Waals surface area contributed by atoms with Crippen LogP contribution in [-0.4, -0.2) is 15.6 Å². The van der Waals surface area contributed by atoms with E-state index in [-0.39, 0.29) is 17.0 Å². The maximum absolute atomic E-state index is 13.5. The Bertz CT molecular complexity index is 610. The molecule has 0 spiro atoms. The van der Waals surface area contributed by atoms with Gasteiger partial charge in [-0.25, -0.2) is 8.78 Å². The van der Waals surface area contributed by atoms with E-state index in [0.717, 1.165) is 12.1 Å². The molecule has 0 aliphatic heterocycles. The molecule has 0 fully saturated rings. The highest BCUT2D eigenvalue weighted by atomic mass is 35.5. The molecule has 0 radical (unpaired) electrons. The third kappa shape index (κ3) is 2.56. The number of hydrogen-bond donors (Lipinski definition) is 0. The standard InChI is InChI=1S/C12H9ClF2N2O/c1-17-6-7(5-16-17)2-12(18)8-3-11(15)9(13)4-10(8)14/h3-6H,2H2,1H3. The third-order valence-electron chi connectivity index (χ3n) is 2.43. The Hall–Kier alpha value is -1.75. The predicted octanol–water partition coefficient (Wildman–Crippen LogP) is 2.78. The Morgan fingerprint density at radius 1 is 1.39 bits per heavy atom. The summed E-state index contributed by atoms with van der Waals surface area (Å²) in [7, 11) is 1.70. The van der Waals surface area contributed by atoms with Crippen LogP contribution < -0.4 is 0 Å². The SMILES string of the molecule is Cn1cc(CC(=O)c2cc(F)c(Cl)cc2F)cn1. The molecule has 0 amide bonds. The van der Waals surface area contributed by atoms with Crippen LogP contribution in [0.15, 0.2) is 24.5 Å². The minimum atomic E-state index is -0.824. The number of nitrogens with zero attached hydrogens (tertiary/aromatic N) is 2. The summed E-state index contributed by atoms with van der Waals surface area (Å²) < 4.78 is 28.2. The number of benzene rings is 1. The van der Waals surface area contributed by atoms with Gasteiger partial charge in [0.05, 0.1) is 16.8 Å². The topological polar surface area (TPSA) is 34.9 Å². The van der Waals surface area contributed by atoms with Crippen LogP contribution in [0, 0.1) is 11.6 Å². The number of aromatic nitrogens is 2. The lowest BCUT2D eigenvalue weighted by atomic mass is 10.0. The van der Waals surface area contributed by atoms with Gasteiger partial charge in [-0.05, 0) is 17.7 Å². The minimum absolute atomic E-state index is 0.0359. The smallest absolute Gasteiger partial charge is 0.170 e. The molecule has 94 valence electrons. The summed E-state index contributed by atoms with van der Waals surface area (Å²) in [5.41, 5.74) is 0.331. The Morgan fingerprint density at radius 3 is 2.72 bits per heavy atom. The van der Waals surface area contributed by atoms with Crippen LogP contribution in [0.2, 0.25) is 5.02 Å². The zero-order chi connectivity index (χ0) is 13.3. The summed E-state index contributed by atoms with van der Waals surface area (Å²) in [5, 5.41) is 3.55. The second kappa shape index (κ2) is 4.86. The Kier molecular flexibility index (Phi) is 3.43. The van der Waals surface area contributed by atoms with Gasteiger partial charge >= 0.3 is 0 Å². The van der Waals surface area contributed by atoms with Crippen LogP contribution in [0.1, 0.15) is 15.9 Å². The molecular weight excluding hydrogens is 262 g/mol. The first-order valence-electron chi connectivity index (χ1n) is 5.12. The van der Waals surface area contributed by atoms with Gasteiger partial charge in [-0.2, -0.15) is 5.10 Å². The number of aryl methyl sites for hydroxylation is 1. The van der Waals surface area contributed by atoms with E-state index in [1.54, 1.807) is 13.2 Å². The molecule has 0 bridgehead atoms. The maximum Gasteiger partial charge on any atom is 0.170 e. The summed E-state index contributed by atoms with van der Waals surface area (Å²) in [6.45, 7) is 0. The summed E-state index contributed by atoms with van der Waals surface area (Å²) in [6, 6.07) is 1.61. The molecule has 0 atom stereocenters. The highest BCUT2D eigenvalue weighted by molar-refractivity contribution is 6.30. The largest absolute Gasteiger partial charge is 0.294 e. The van der Waals surface area contributed by atoms with Crippen molar-refractivity contribution in [1.29, 1.82) is 0 Å². The van der Waals surface area contributed by atoms with Crippen molar-refractivity contribution >= 4 is 17.4 Å². The van der Waals surface area contributed by atoms with E-state index < -0.39 is 17.4 Å². The van der Waals surface area contributed by atoms with Gasteiger partial charge in [0.1, 0.15) is 11.6 Å². The molecule has 0 unspecified atom stereocenters. The molecule has 2 aromatic rings. The lowest BCUT2D eigenvalue weighted by Crippen LogP contribution is -2.06. The summed E-state index contributed by atoms with van der Waals surface area (Å²) in [4.78, 5) is 11.8. The van der Waals surface area contributed by atoms with Gasteiger partial charge in [-0.3, -0.25) is 9.48 Å². The van der Waals surface area contributed by atoms with E-state index in [0.29, 0.717) is 5.56 Å². The van der Waals surface area contributed by atoms with Crippen molar-refractivity contribution in [3.63, 3.8) is 0 Å². The van der Waals surface area contributed by atoms with Crippen molar-refractivity contribution in [1.82, 2.24) is 9.78 Å². The Morgan fingerprint density at radius 2 is 2.11 bits per heavy atom. The van der Waals surface area contributed by atoms with Crippen LogP contribution in [0.5, 0.6) is 0 Å². The Labute approximate surface area is 107 Å². The van der Waals surface area contributed by atoms with E-state index in [2.05, 4.69) is 5.10 Å². The molecular formula is C12H9ClF2N2O. The molecule has 1 heterocycles. The predicted molar refractivity (Wildman–Crippen MR) is 62.6 cm³/mol. The molecule has 0 saturated carbocycles. The van der Waals surface area contributed by atoms with E-state index in [4.69, 9.17) is 11.6 Å². The molecule has 1 aromatic carbocycles. The quantitative estimate of drug-likeness (QED) is 0.635. The number of ketones is 1. The monoisotopic (exact) mass is 270 g/mol. The summed E-state index contributed by atoms with van der Waals surface area (Å²) in [5.74, 6) is -2.15. The molecule has 18 heavy (non-hydrogen) atoms. The number of hydrogen-bond acceptors (Lipinski definition) is 2. The Balaban J connectivity index is 2.26. The number of rotatable bonds is 3. The molecule has 0 aliphatic carbocycles. The fraction of sp³-hybridized carbons (Fsp3) is 0.167. The third-order valence-corrected chi connectivity index (χ3v) is 2.72. The molecule has 3 nitrogen and oxygen atoms in total. The van der Waals surface area contributed by atoms with E-state index in [9.17, 15) is 13.6 Å². The van der Waals surface area contributed by atoms with Crippen LogP contribution in [-0.2, 0) is 13.5 Å². The maximum atomic E-state index is 13.5. The second-order valence-electron chi connectivity index (χ2n) is 3.87. The fourth-order valence-electron chi connectivity index (χ4n) is 1.58. The summed E-state index contributed by atoms with van der Waals surface area (Å²) >= 11 is 5.41. The van der Waals surface area contributed by atoms with Gasteiger partial charge in [0.15, 0.2) is 5.78 Å². The first-order valence-corrected chi connectivity index (χ1v) is 5.50. The zero-order valence-corrected chi connectivity index (χ0v) is 10.2.